The third kappa shape index (κ3) is 8.64. The average Bonchev–Trinajstić information content (AvgIpc) is 2.99. The van der Waals surface area contributed by atoms with Gasteiger partial charge in [-0.05, 0) is 56.9 Å². The second kappa shape index (κ2) is 12.7. The van der Waals surface area contributed by atoms with E-state index < -0.39 is 0 Å². The van der Waals surface area contributed by atoms with Crippen molar-refractivity contribution in [2.75, 3.05) is 20.2 Å². The third-order valence-electron chi connectivity index (χ3n) is 4.48. The lowest BCUT2D eigenvalue weighted by Crippen LogP contribution is -2.39. The number of aromatic nitrogens is 2. The fraction of sp³-hybridized carbons (Fsp3) is 0.545. The molecule has 0 aliphatic carbocycles. The fourth-order valence-electron chi connectivity index (χ4n) is 2.94. The molecule has 0 fully saturated rings. The van der Waals surface area contributed by atoms with Crippen molar-refractivity contribution in [3.8, 4) is 5.75 Å². The van der Waals surface area contributed by atoms with Gasteiger partial charge in [-0.3, -0.25) is 9.67 Å². The first-order chi connectivity index (χ1) is 13.4. The van der Waals surface area contributed by atoms with Gasteiger partial charge in [0.15, 0.2) is 5.96 Å². The van der Waals surface area contributed by atoms with Gasteiger partial charge in [-0.2, -0.15) is 5.10 Å². The Balaban J connectivity index is 0.00000420. The first kappa shape index (κ1) is 25.3. The van der Waals surface area contributed by atoms with Gasteiger partial charge in [0.2, 0.25) is 0 Å². The zero-order valence-corrected chi connectivity index (χ0v) is 20.9. The number of aryl methyl sites for hydroxylation is 3. The smallest absolute Gasteiger partial charge is 0.191 e. The van der Waals surface area contributed by atoms with Crippen molar-refractivity contribution < 1.29 is 4.74 Å². The number of aliphatic imine (C=N–C) groups is 1. The summed E-state index contributed by atoms with van der Waals surface area (Å²) in [5, 5.41) is 11.3. The van der Waals surface area contributed by atoms with Crippen molar-refractivity contribution >= 4 is 29.9 Å². The Hall–Kier alpha value is -1.77. The Kier molecular flexibility index (Phi) is 11.1. The number of nitrogens with zero attached hydrogens (tertiary/aromatic N) is 3. The van der Waals surface area contributed by atoms with Gasteiger partial charge in [0, 0.05) is 25.8 Å². The van der Waals surface area contributed by atoms with Crippen molar-refractivity contribution in [2.45, 2.75) is 53.6 Å². The van der Waals surface area contributed by atoms with Crippen molar-refractivity contribution in [3.05, 3.63) is 47.3 Å². The van der Waals surface area contributed by atoms with Crippen molar-refractivity contribution in [1.82, 2.24) is 20.4 Å². The van der Waals surface area contributed by atoms with Crippen LogP contribution in [0.25, 0.3) is 0 Å². The molecule has 0 saturated heterocycles. The van der Waals surface area contributed by atoms with E-state index in [-0.39, 0.29) is 30.0 Å². The molecule has 1 atom stereocenters. The zero-order valence-electron chi connectivity index (χ0n) is 18.5. The molecule has 162 valence electrons. The Labute approximate surface area is 192 Å². The van der Waals surface area contributed by atoms with Crippen LogP contribution in [0.5, 0.6) is 5.75 Å². The van der Waals surface area contributed by atoms with Crippen molar-refractivity contribution in [3.63, 3.8) is 0 Å². The zero-order chi connectivity index (χ0) is 20.5. The predicted octanol–water partition coefficient (Wildman–Crippen LogP) is 4.47. The summed E-state index contributed by atoms with van der Waals surface area (Å²) in [5.74, 6) is 2.24. The molecule has 0 radical (unpaired) electrons. The highest BCUT2D eigenvalue weighted by molar-refractivity contribution is 14.0. The maximum absolute atomic E-state index is 5.75. The van der Waals surface area contributed by atoms with Crippen LogP contribution in [-0.2, 0) is 6.54 Å². The summed E-state index contributed by atoms with van der Waals surface area (Å²) in [5.41, 5.74) is 3.47. The van der Waals surface area contributed by atoms with Gasteiger partial charge in [0.25, 0.3) is 0 Å². The summed E-state index contributed by atoms with van der Waals surface area (Å²) in [6.07, 6.45) is 0.985. The normalized spacial score (nSPS) is 12.4. The van der Waals surface area contributed by atoms with Crippen LogP contribution in [0.4, 0.5) is 0 Å². The molecule has 29 heavy (non-hydrogen) atoms. The molecular weight excluding hydrogens is 477 g/mol. The van der Waals surface area contributed by atoms with E-state index in [0.717, 1.165) is 43.5 Å². The maximum atomic E-state index is 5.75. The van der Waals surface area contributed by atoms with Crippen LogP contribution in [0.3, 0.4) is 0 Å². The topological polar surface area (TPSA) is 63.5 Å². The molecule has 2 rings (SSSR count). The number of hydrogen-bond acceptors (Lipinski definition) is 3. The van der Waals surface area contributed by atoms with E-state index >= 15 is 0 Å². The average molecular weight is 513 g/mol. The van der Waals surface area contributed by atoms with E-state index in [4.69, 9.17) is 4.74 Å². The molecule has 1 aromatic carbocycles. The SMILES string of the molecule is CN=C(NCCCn1nc(C)cc1C)NC(C)c1ccc(OCC(C)C)cc1.I. The molecule has 1 aromatic heterocycles. The molecule has 2 N–H and O–H groups in total. The minimum Gasteiger partial charge on any atom is -0.493 e. The molecular formula is C22H36IN5O. The summed E-state index contributed by atoms with van der Waals surface area (Å²) in [6, 6.07) is 10.5. The predicted molar refractivity (Wildman–Crippen MR) is 131 cm³/mol. The first-order valence-electron chi connectivity index (χ1n) is 10.1. The summed E-state index contributed by atoms with van der Waals surface area (Å²) < 4.78 is 7.81. The second-order valence-corrected chi connectivity index (χ2v) is 7.64. The third-order valence-corrected chi connectivity index (χ3v) is 4.48. The van der Waals surface area contributed by atoms with E-state index in [9.17, 15) is 0 Å². The molecule has 0 aliphatic heterocycles. The molecule has 0 amide bonds. The second-order valence-electron chi connectivity index (χ2n) is 7.64. The largest absolute Gasteiger partial charge is 0.493 e. The minimum absolute atomic E-state index is 0. The molecule has 0 spiro atoms. The van der Waals surface area contributed by atoms with Crippen LogP contribution in [0.2, 0.25) is 0 Å². The molecule has 6 nitrogen and oxygen atoms in total. The quantitative estimate of drug-likeness (QED) is 0.225. The highest BCUT2D eigenvalue weighted by Crippen LogP contribution is 2.18. The van der Waals surface area contributed by atoms with E-state index in [1.54, 1.807) is 7.05 Å². The van der Waals surface area contributed by atoms with Crippen LogP contribution < -0.4 is 15.4 Å². The lowest BCUT2D eigenvalue weighted by atomic mass is 10.1. The number of benzene rings is 1. The molecule has 0 bridgehead atoms. The van der Waals surface area contributed by atoms with Crippen LogP contribution in [0.1, 0.15) is 50.2 Å². The van der Waals surface area contributed by atoms with Crippen molar-refractivity contribution in [2.24, 2.45) is 10.9 Å². The van der Waals surface area contributed by atoms with Crippen LogP contribution in [-0.4, -0.2) is 35.9 Å². The van der Waals surface area contributed by atoms with Crippen LogP contribution in [0, 0.1) is 19.8 Å². The van der Waals surface area contributed by atoms with Gasteiger partial charge in [-0.25, -0.2) is 0 Å². The first-order valence-corrected chi connectivity index (χ1v) is 10.1. The Bertz CT molecular complexity index is 755. The van der Waals surface area contributed by atoms with E-state index in [1.165, 1.54) is 11.3 Å². The molecule has 2 aromatic rings. The minimum atomic E-state index is 0. The van der Waals surface area contributed by atoms with E-state index in [0.29, 0.717) is 5.92 Å². The van der Waals surface area contributed by atoms with Crippen molar-refractivity contribution in [1.29, 1.82) is 0 Å². The summed E-state index contributed by atoms with van der Waals surface area (Å²) >= 11 is 0. The van der Waals surface area contributed by atoms with Gasteiger partial charge < -0.3 is 15.4 Å². The number of ether oxygens (including phenoxy) is 1. The molecule has 7 heteroatoms. The van der Waals surface area contributed by atoms with Gasteiger partial charge in [0.1, 0.15) is 5.75 Å². The Morgan fingerprint density at radius 3 is 2.41 bits per heavy atom. The number of nitrogens with one attached hydrogen (secondary N) is 2. The van der Waals surface area contributed by atoms with Gasteiger partial charge in [0.05, 0.1) is 18.3 Å². The fourth-order valence-corrected chi connectivity index (χ4v) is 2.94. The highest BCUT2D eigenvalue weighted by Gasteiger charge is 2.08. The van der Waals surface area contributed by atoms with Crippen LogP contribution in [0.15, 0.2) is 35.3 Å². The molecule has 0 saturated carbocycles. The van der Waals surface area contributed by atoms with E-state index in [2.05, 4.69) is 71.3 Å². The summed E-state index contributed by atoms with van der Waals surface area (Å²) in [7, 11) is 1.80. The maximum Gasteiger partial charge on any atom is 0.191 e. The van der Waals surface area contributed by atoms with Gasteiger partial charge >= 0.3 is 0 Å². The summed E-state index contributed by atoms with van der Waals surface area (Å²) in [6.45, 7) is 13.0. The molecule has 1 heterocycles. The lowest BCUT2D eigenvalue weighted by Gasteiger charge is -2.19. The number of rotatable bonds is 9. The summed E-state index contributed by atoms with van der Waals surface area (Å²) in [4.78, 5) is 4.33. The van der Waals surface area contributed by atoms with Crippen LogP contribution >= 0.6 is 24.0 Å². The molecule has 0 aliphatic rings. The molecule has 1 unspecified atom stereocenters. The Morgan fingerprint density at radius 1 is 1.17 bits per heavy atom. The number of hydrogen-bond donors (Lipinski definition) is 2. The number of guanidine groups is 1. The van der Waals surface area contributed by atoms with Gasteiger partial charge in [-0.1, -0.05) is 26.0 Å². The van der Waals surface area contributed by atoms with Gasteiger partial charge in [-0.15, -0.1) is 24.0 Å². The number of halogens is 1. The standard InChI is InChI=1S/C22H35N5O.HI/c1-16(2)15-28-21-10-8-20(9-11-21)19(5)25-22(23-6)24-12-7-13-27-18(4)14-17(3)26-27;/h8-11,14,16,19H,7,12-13,15H2,1-6H3,(H2,23,24,25);1H. The lowest BCUT2D eigenvalue weighted by molar-refractivity contribution is 0.271. The monoisotopic (exact) mass is 513 g/mol. The highest BCUT2D eigenvalue weighted by atomic mass is 127. The van der Waals surface area contributed by atoms with E-state index in [1.807, 2.05) is 19.1 Å². The Morgan fingerprint density at radius 2 is 1.86 bits per heavy atom.